The van der Waals surface area contributed by atoms with Gasteiger partial charge in [-0.3, -0.25) is 14.4 Å². The van der Waals surface area contributed by atoms with Crippen LogP contribution in [0.4, 0.5) is 0 Å². The Labute approximate surface area is 219 Å². The van der Waals surface area contributed by atoms with Crippen molar-refractivity contribution in [2.45, 2.75) is 90.3 Å². The first-order valence-corrected chi connectivity index (χ1v) is 14.1. The van der Waals surface area contributed by atoms with Crippen LogP contribution < -0.4 is 0 Å². The summed E-state index contributed by atoms with van der Waals surface area (Å²) in [6.45, 7) is 11.1. The minimum Gasteiger partial charge on any atom is -0.464 e. The number of allylic oxidation sites excluding steroid dienone is 4. The zero-order valence-corrected chi connectivity index (χ0v) is 22.6. The van der Waals surface area contributed by atoms with Gasteiger partial charge in [0.25, 0.3) is 6.47 Å². The Bertz CT molecular complexity index is 1060. The molecular weight excluding hydrogens is 472 g/mol. The lowest BCUT2D eigenvalue weighted by atomic mass is 9.49. The Morgan fingerprint density at radius 1 is 1.14 bits per heavy atom. The number of fused-ring (bicyclic) bond motifs is 4. The van der Waals surface area contributed by atoms with Crippen LogP contribution >= 0.6 is 0 Å². The number of carbonyl (C=O) groups excluding carboxylic acids is 3. The topological polar surface area (TPSA) is 88.1 Å². The van der Waals surface area contributed by atoms with Crippen molar-refractivity contribution in [2.24, 2.45) is 46.8 Å². The summed E-state index contributed by atoms with van der Waals surface area (Å²) in [6.07, 6.45) is 8.91. The third kappa shape index (κ3) is 3.28. The molecule has 0 aromatic heterocycles. The van der Waals surface area contributed by atoms with Gasteiger partial charge in [0.15, 0.2) is 11.6 Å². The Kier molecular flexibility index (Phi) is 5.81. The van der Waals surface area contributed by atoms with E-state index in [4.69, 9.17) is 18.9 Å². The van der Waals surface area contributed by atoms with Crippen molar-refractivity contribution >= 4 is 18.2 Å². The fraction of sp³-hybridized carbons (Fsp3) is 0.767. The molecule has 0 N–H and O–H groups in total. The number of cyclic esters (lactones) is 1. The Morgan fingerprint density at radius 3 is 2.62 bits per heavy atom. The molecule has 2 aliphatic heterocycles. The summed E-state index contributed by atoms with van der Waals surface area (Å²) < 4.78 is 25.6. The highest BCUT2D eigenvalue weighted by Crippen LogP contribution is 2.70. The quantitative estimate of drug-likeness (QED) is 0.307. The number of carbonyl (C=O) groups is 3. The van der Waals surface area contributed by atoms with Gasteiger partial charge in [-0.1, -0.05) is 31.6 Å². The van der Waals surface area contributed by atoms with Crippen LogP contribution in [-0.2, 0) is 33.3 Å². The minimum atomic E-state index is -0.924. The molecule has 7 nitrogen and oxygen atoms in total. The maximum absolute atomic E-state index is 13.5. The van der Waals surface area contributed by atoms with Gasteiger partial charge in [0, 0.05) is 24.9 Å². The second kappa shape index (κ2) is 8.51. The van der Waals surface area contributed by atoms with E-state index >= 15 is 0 Å². The van der Waals surface area contributed by atoms with Gasteiger partial charge >= 0.3 is 5.97 Å². The lowest BCUT2D eigenvalue weighted by Gasteiger charge is -2.56. The average molecular weight is 513 g/mol. The largest absolute Gasteiger partial charge is 0.464 e. The van der Waals surface area contributed by atoms with Crippen molar-refractivity contribution in [1.29, 1.82) is 0 Å². The molecule has 0 spiro atoms. The predicted molar refractivity (Wildman–Crippen MR) is 134 cm³/mol. The first-order valence-electron chi connectivity index (χ1n) is 14.1. The minimum absolute atomic E-state index is 0.00945. The van der Waals surface area contributed by atoms with Gasteiger partial charge in [0.1, 0.15) is 17.8 Å². The number of ketones is 1. The third-order valence-corrected chi connectivity index (χ3v) is 11.4. The molecule has 6 aliphatic rings. The molecular formula is C30H40O7. The molecule has 0 radical (unpaired) electrons. The van der Waals surface area contributed by atoms with Gasteiger partial charge in [0.05, 0.1) is 11.3 Å². The van der Waals surface area contributed by atoms with E-state index < -0.39 is 22.9 Å². The van der Waals surface area contributed by atoms with Crippen LogP contribution in [0.3, 0.4) is 0 Å². The van der Waals surface area contributed by atoms with Crippen molar-refractivity contribution in [3.63, 3.8) is 0 Å². The normalized spacial score (nSPS) is 52.0. The highest BCUT2D eigenvalue weighted by molar-refractivity contribution is 5.98. The summed E-state index contributed by atoms with van der Waals surface area (Å²) in [4.78, 5) is 38.0. The van der Waals surface area contributed by atoms with Gasteiger partial charge < -0.3 is 18.9 Å². The first kappa shape index (κ1) is 25.3. The lowest BCUT2D eigenvalue weighted by Crippen LogP contribution is -2.58. The van der Waals surface area contributed by atoms with Crippen molar-refractivity contribution in [3.05, 3.63) is 23.8 Å². The molecule has 37 heavy (non-hydrogen) atoms. The summed E-state index contributed by atoms with van der Waals surface area (Å²) in [5.41, 5.74) is -0.255. The third-order valence-electron chi connectivity index (χ3n) is 11.4. The monoisotopic (exact) mass is 512 g/mol. The number of hydrogen-bond donors (Lipinski definition) is 0. The van der Waals surface area contributed by atoms with E-state index in [0.29, 0.717) is 32.3 Å². The van der Waals surface area contributed by atoms with E-state index in [1.807, 2.05) is 26.8 Å². The van der Waals surface area contributed by atoms with Crippen molar-refractivity contribution in [2.75, 3.05) is 6.61 Å². The van der Waals surface area contributed by atoms with Crippen LogP contribution in [0.15, 0.2) is 23.8 Å². The number of rotatable bonds is 5. The van der Waals surface area contributed by atoms with E-state index in [0.717, 1.165) is 12.8 Å². The SMILES string of the molecule is CCOC12CC3C(CC=C4CC=CC(=O)C43C)C3CC(OC=O)C(C31)C(C)(C1CC(C)C(C)C(=O)O1)O2. The second-order valence-electron chi connectivity index (χ2n) is 12.8. The van der Waals surface area contributed by atoms with Crippen molar-refractivity contribution in [3.8, 4) is 0 Å². The second-order valence-corrected chi connectivity index (χ2v) is 12.8. The maximum Gasteiger partial charge on any atom is 0.309 e. The summed E-state index contributed by atoms with van der Waals surface area (Å²) in [6, 6.07) is 0. The summed E-state index contributed by atoms with van der Waals surface area (Å²) in [5, 5.41) is 0. The van der Waals surface area contributed by atoms with Gasteiger partial charge in [-0.25, -0.2) is 0 Å². The fourth-order valence-electron chi connectivity index (χ4n) is 9.41. The Hall–Kier alpha value is -1.99. The molecule has 4 fully saturated rings. The molecule has 2 saturated heterocycles. The van der Waals surface area contributed by atoms with E-state index in [-0.39, 0.29) is 59.3 Å². The summed E-state index contributed by atoms with van der Waals surface area (Å²) in [7, 11) is 0. The van der Waals surface area contributed by atoms with E-state index in [1.165, 1.54) is 5.57 Å². The molecule has 2 saturated carbocycles. The lowest BCUT2D eigenvalue weighted by molar-refractivity contribution is -0.311. The van der Waals surface area contributed by atoms with Gasteiger partial charge in [0.2, 0.25) is 0 Å². The molecule has 2 heterocycles. The predicted octanol–water partition coefficient (Wildman–Crippen LogP) is 4.39. The molecule has 0 aromatic carbocycles. The summed E-state index contributed by atoms with van der Waals surface area (Å²) >= 11 is 0. The van der Waals surface area contributed by atoms with E-state index in [1.54, 1.807) is 6.08 Å². The molecule has 202 valence electrons. The van der Waals surface area contributed by atoms with E-state index in [2.05, 4.69) is 19.9 Å². The van der Waals surface area contributed by atoms with E-state index in [9.17, 15) is 14.4 Å². The molecule has 0 aromatic rings. The van der Waals surface area contributed by atoms with Crippen LogP contribution in [0, 0.1) is 46.8 Å². The number of hydrogen-bond acceptors (Lipinski definition) is 7. The molecule has 7 heteroatoms. The Balaban J connectivity index is 1.46. The molecule has 12 atom stereocenters. The van der Waals surface area contributed by atoms with Gasteiger partial charge in [-0.15, -0.1) is 0 Å². The molecule has 0 bridgehead atoms. The average Bonchev–Trinajstić information content (AvgIpc) is 3.37. The first-order chi connectivity index (χ1) is 17.6. The zero-order chi connectivity index (χ0) is 26.3. The number of ether oxygens (including phenoxy) is 4. The van der Waals surface area contributed by atoms with Crippen LogP contribution in [0.1, 0.15) is 66.7 Å². The van der Waals surface area contributed by atoms with Crippen molar-refractivity contribution < 1.29 is 33.3 Å². The smallest absolute Gasteiger partial charge is 0.309 e. The molecule has 6 rings (SSSR count). The van der Waals surface area contributed by atoms with Crippen LogP contribution in [0.5, 0.6) is 0 Å². The zero-order valence-electron chi connectivity index (χ0n) is 22.6. The van der Waals surface area contributed by atoms with Crippen LogP contribution in [0.2, 0.25) is 0 Å². The molecule has 12 unspecified atom stereocenters. The molecule has 4 aliphatic carbocycles. The number of esters is 1. The van der Waals surface area contributed by atoms with Crippen LogP contribution in [0.25, 0.3) is 0 Å². The van der Waals surface area contributed by atoms with Gasteiger partial charge in [-0.2, -0.15) is 0 Å². The van der Waals surface area contributed by atoms with Crippen LogP contribution in [-0.4, -0.2) is 48.4 Å². The fourth-order valence-corrected chi connectivity index (χ4v) is 9.41. The Morgan fingerprint density at radius 2 is 1.92 bits per heavy atom. The highest BCUT2D eigenvalue weighted by atomic mass is 16.7. The van der Waals surface area contributed by atoms with Gasteiger partial charge in [-0.05, 0) is 76.2 Å². The summed E-state index contributed by atoms with van der Waals surface area (Å²) in [5.74, 6) is -0.652. The maximum atomic E-state index is 13.5. The standard InChI is InChI=1S/C30H40O7/c1-6-35-30-14-21-19(11-10-18-8-7-9-23(32)28(18,21)4)20-13-22(34-15-31)26(25(20)30)29(5,37-30)24-12-16(2)17(3)27(33)36-24/h7,9-10,15-17,19-22,24-26H,6,8,11-14H2,1-5H3. The van der Waals surface area contributed by atoms with Crippen molar-refractivity contribution in [1.82, 2.24) is 0 Å². The highest BCUT2D eigenvalue weighted by Gasteiger charge is 2.76. The molecule has 0 amide bonds.